The number of carbonyl (C=O) groups is 1. The van der Waals surface area contributed by atoms with E-state index in [-0.39, 0.29) is 11.8 Å². The van der Waals surface area contributed by atoms with Crippen LogP contribution in [0.2, 0.25) is 5.02 Å². The zero-order valence-electron chi connectivity index (χ0n) is 19.8. The minimum absolute atomic E-state index is 0.0114. The van der Waals surface area contributed by atoms with E-state index in [1.807, 2.05) is 18.2 Å². The van der Waals surface area contributed by atoms with Crippen LogP contribution in [0.5, 0.6) is 0 Å². The molecule has 0 bridgehead atoms. The lowest BCUT2D eigenvalue weighted by atomic mass is 9.97. The molecule has 184 valence electrons. The molecule has 4 heterocycles. The van der Waals surface area contributed by atoms with Crippen molar-refractivity contribution < 1.29 is 14.3 Å². The van der Waals surface area contributed by atoms with Crippen LogP contribution in [0.15, 0.2) is 30.5 Å². The van der Waals surface area contributed by atoms with Crippen molar-refractivity contribution in [3.05, 3.63) is 35.5 Å². The Balaban J connectivity index is 1.40. The van der Waals surface area contributed by atoms with Crippen LogP contribution >= 0.6 is 11.6 Å². The number of likely N-dealkylation sites (tertiary alicyclic amines) is 1. The lowest BCUT2D eigenvalue weighted by Crippen LogP contribution is -2.42. The predicted octanol–water partition coefficient (Wildman–Crippen LogP) is 3.93. The summed E-state index contributed by atoms with van der Waals surface area (Å²) >= 11 is 6.47. The Morgan fingerprint density at radius 1 is 1.26 bits per heavy atom. The van der Waals surface area contributed by atoms with Crippen molar-refractivity contribution in [3.8, 4) is 11.3 Å². The molecule has 0 spiro atoms. The summed E-state index contributed by atoms with van der Waals surface area (Å²) in [4.78, 5) is 24.3. The zero-order chi connectivity index (χ0) is 23.8. The van der Waals surface area contributed by atoms with E-state index in [1.165, 1.54) is 0 Å². The molecule has 2 N–H and O–H groups in total. The number of pyridine rings is 2. The van der Waals surface area contributed by atoms with Crippen LogP contribution in [0, 0.1) is 11.8 Å². The van der Waals surface area contributed by atoms with E-state index in [0.717, 1.165) is 82.2 Å². The zero-order valence-corrected chi connectivity index (χ0v) is 20.5. The van der Waals surface area contributed by atoms with Crippen molar-refractivity contribution in [3.63, 3.8) is 0 Å². The second-order valence-corrected chi connectivity index (χ2v) is 9.42. The van der Waals surface area contributed by atoms with Crippen LogP contribution in [0.1, 0.15) is 25.7 Å². The number of hydrogen-bond donors (Lipinski definition) is 2. The summed E-state index contributed by atoms with van der Waals surface area (Å²) in [6, 6.07) is 7.64. The van der Waals surface area contributed by atoms with Crippen molar-refractivity contribution in [2.75, 3.05) is 63.7 Å². The van der Waals surface area contributed by atoms with Gasteiger partial charge in [-0.05, 0) is 56.3 Å². The third-order valence-corrected chi connectivity index (χ3v) is 6.83. The molecule has 1 amide bonds. The van der Waals surface area contributed by atoms with Gasteiger partial charge in [-0.1, -0.05) is 17.7 Å². The van der Waals surface area contributed by atoms with E-state index in [1.54, 1.807) is 19.4 Å². The van der Waals surface area contributed by atoms with Gasteiger partial charge in [-0.2, -0.15) is 0 Å². The normalized spacial score (nSPS) is 19.6. The molecule has 4 rings (SSSR count). The van der Waals surface area contributed by atoms with Crippen molar-refractivity contribution in [2.24, 2.45) is 11.8 Å². The van der Waals surface area contributed by atoms with Gasteiger partial charge in [0.05, 0.1) is 23.2 Å². The van der Waals surface area contributed by atoms with Crippen molar-refractivity contribution in [1.82, 2.24) is 14.9 Å². The van der Waals surface area contributed by atoms with Crippen LogP contribution < -0.4 is 10.6 Å². The van der Waals surface area contributed by atoms with Gasteiger partial charge in [0.15, 0.2) is 0 Å². The van der Waals surface area contributed by atoms with Crippen LogP contribution in [-0.4, -0.2) is 73.9 Å². The molecule has 0 aliphatic carbocycles. The number of amides is 1. The van der Waals surface area contributed by atoms with E-state index in [2.05, 4.69) is 20.5 Å². The number of ether oxygens (including phenoxy) is 2. The second-order valence-electron chi connectivity index (χ2n) is 9.02. The summed E-state index contributed by atoms with van der Waals surface area (Å²) in [5.41, 5.74) is 1.48. The number of anilines is 2. The Morgan fingerprint density at radius 2 is 2.12 bits per heavy atom. The molecule has 2 aliphatic rings. The van der Waals surface area contributed by atoms with Gasteiger partial charge in [-0.3, -0.25) is 4.79 Å². The minimum atomic E-state index is -0.0672. The highest BCUT2D eigenvalue weighted by atomic mass is 35.5. The average molecular weight is 488 g/mol. The third kappa shape index (κ3) is 6.88. The van der Waals surface area contributed by atoms with Crippen LogP contribution in [0.25, 0.3) is 11.3 Å². The number of halogens is 1. The molecular formula is C25H34ClN5O3. The fraction of sp³-hybridized carbons (Fsp3) is 0.560. The first-order chi connectivity index (χ1) is 16.6. The second kappa shape index (κ2) is 12.4. The monoisotopic (exact) mass is 487 g/mol. The van der Waals surface area contributed by atoms with Gasteiger partial charge in [-0.25, -0.2) is 9.97 Å². The molecule has 2 aliphatic heterocycles. The van der Waals surface area contributed by atoms with Gasteiger partial charge >= 0.3 is 0 Å². The molecule has 0 unspecified atom stereocenters. The van der Waals surface area contributed by atoms with Crippen LogP contribution in [-0.2, 0) is 14.3 Å². The van der Waals surface area contributed by atoms with Gasteiger partial charge in [-0.15, -0.1) is 0 Å². The van der Waals surface area contributed by atoms with E-state index < -0.39 is 0 Å². The molecule has 0 aromatic carbocycles. The Bertz CT molecular complexity index is 954. The predicted molar refractivity (Wildman–Crippen MR) is 134 cm³/mol. The maximum Gasteiger partial charge on any atom is 0.229 e. The van der Waals surface area contributed by atoms with Crippen LogP contribution in [0.3, 0.4) is 0 Å². The lowest BCUT2D eigenvalue weighted by molar-refractivity contribution is -0.121. The Morgan fingerprint density at radius 3 is 2.94 bits per heavy atom. The first kappa shape index (κ1) is 24.9. The van der Waals surface area contributed by atoms with Gasteiger partial charge in [0.1, 0.15) is 11.6 Å². The van der Waals surface area contributed by atoms with E-state index in [0.29, 0.717) is 23.4 Å². The minimum Gasteiger partial charge on any atom is -0.383 e. The summed E-state index contributed by atoms with van der Waals surface area (Å²) in [6.45, 7) is 5.77. The number of hydrogen-bond acceptors (Lipinski definition) is 7. The molecule has 2 aromatic heterocycles. The van der Waals surface area contributed by atoms with E-state index in [9.17, 15) is 4.79 Å². The largest absolute Gasteiger partial charge is 0.383 e. The number of nitrogens with zero attached hydrogens (tertiary/aromatic N) is 3. The Hall–Kier alpha value is -2.26. The number of piperidine rings is 1. The maximum absolute atomic E-state index is 12.9. The van der Waals surface area contributed by atoms with Gasteiger partial charge in [0.2, 0.25) is 5.91 Å². The average Bonchev–Trinajstić information content (AvgIpc) is 2.88. The molecule has 1 atom stereocenters. The van der Waals surface area contributed by atoms with Crippen molar-refractivity contribution >= 4 is 29.1 Å². The van der Waals surface area contributed by atoms with Crippen LogP contribution in [0.4, 0.5) is 11.6 Å². The number of nitrogens with one attached hydrogen (secondary N) is 2. The number of carbonyl (C=O) groups excluding carboxylic acids is 1. The van der Waals surface area contributed by atoms with E-state index in [4.69, 9.17) is 26.1 Å². The molecule has 34 heavy (non-hydrogen) atoms. The molecule has 2 saturated heterocycles. The fourth-order valence-electron chi connectivity index (χ4n) is 4.51. The highest BCUT2D eigenvalue weighted by Gasteiger charge is 2.26. The summed E-state index contributed by atoms with van der Waals surface area (Å²) in [6.07, 6.45) is 5.58. The van der Waals surface area contributed by atoms with Gasteiger partial charge < -0.3 is 25.0 Å². The quantitative estimate of drug-likeness (QED) is 0.554. The first-order valence-electron chi connectivity index (χ1n) is 12.1. The highest BCUT2D eigenvalue weighted by Crippen LogP contribution is 2.29. The fourth-order valence-corrected chi connectivity index (χ4v) is 4.71. The van der Waals surface area contributed by atoms with E-state index >= 15 is 0 Å². The highest BCUT2D eigenvalue weighted by molar-refractivity contribution is 6.33. The van der Waals surface area contributed by atoms with Crippen molar-refractivity contribution in [1.29, 1.82) is 0 Å². The maximum atomic E-state index is 12.9. The van der Waals surface area contributed by atoms with Gasteiger partial charge in [0.25, 0.3) is 0 Å². The lowest BCUT2D eigenvalue weighted by Gasteiger charge is -2.31. The molecule has 8 nitrogen and oxygen atoms in total. The Kier molecular flexibility index (Phi) is 9.10. The summed E-state index contributed by atoms with van der Waals surface area (Å²) < 4.78 is 10.6. The summed E-state index contributed by atoms with van der Waals surface area (Å²) in [5, 5.41) is 6.93. The summed E-state index contributed by atoms with van der Waals surface area (Å²) in [7, 11) is 1.70. The molecule has 0 radical (unpaired) electrons. The van der Waals surface area contributed by atoms with Crippen molar-refractivity contribution in [2.45, 2.75) is 25.7 Å². The molecule has 2 fully saturated rings. The smallest absolute Gasteiger partial charge is 0.229 e. The number of rotatable bonds is 9. The molecular weight excluding hydrogens is 454 g/mol. The van der Waals surface area contributed by atoms with Gasteiger partial charge in [0, 0.05) is 51.7 Å². The SMILES string of the molecule is COCCN1CCC[C@@H](C(=O)Nc2cc(-c3cccc(NCC4CCOCC4)n3)c(Cl)cn2)C1. The molecule has 2 aromatic rings. The molecule has 9 heteroatoms. The topological polar surface area (TPSA) is 88.6 Å². The first-order valence-corrected chi connectivity index (χ1v) is 12.5. The molecule has 0 saturated carbocycles. The Labute approximate surface area is 206 Å². The summed E-state index contributed by atoms with van der Waals surface area (Å²) in [5.74, 6) is 1.81. The third-order valence-electron chi connectivity index (χ3n) is 6.53. The standard InChI is InChI=1S/C25H34ClN5O3/c1-33-13-10-31-9-3-4-19(17-31)25(32)30-24-14-20(21(26)16-28-24)22-5-2-6-23(29-22)27-15-18-7-11-34-12-8-18/h2,5-6,14,16,18-19H,3-4,7-13,15,17H2,1H3,(H,27,29)(H,28,30,32)/t19-/m1/s1. The number of methoxy groups -OCH3 is 1. The number of aromatic nitrogens is 2.